The molecule has 4 rings (SSSR count). The van der Waals surface area contributed by atoms with E-state index in [0.717, 1.165) is 0 Å². The van der Waals surface area contributed by atoms with E-state index >= 15 is 0 Å². The van der Waals surface area contributed by atoms with E-state index in [4.69, 9.17) is 0 Å². The standard InChI is InChI=1S/C14H15N.C14H14/c1-15-14(12-8-4-2-5-9-12)13-10-6-3-7-11-13;1-12(13-8-4-2-5-9-13)14-10-6-3-7-11-14/h2-11,14-15H,1H3;2-12H,1H3. The normalized spacial score (nSPS) is 10.5. The maximum atomic E-state index is 3.33. The van der Waals surface area contributed by atoms with Crippen molar-refractivity contribution in [3.63, 3.8) is 0 Å². The molecule has 0 spiro atoms. The van der Waals surface area contributed by atoms with Gasteiger partial charge in [0.2, 0.25) is 0 Å². The average Bonchev–Trinajstić information content (AvgIpc) is 2.82. The molecule has 0 aliphatic rings. The van der Waals surface area contributed by atoms with E-state index in [1.165, 1.54) is 22.3 Å². The molecular weight excluding hydrogens is 350 g/mol. The van der Waals surface area contributed by atoms with Gasteiger partial charge in [-0.2, -0.15) is 0 Å². The van der Waals surface area contributed by atoms with Crippen molar-refractivity contribution in [3.05, 3.63) is 144 Å². The first-order valence-corrected chi connectivity index (χ1v) is 10.2. The lowest BCUT2D eigenvalue weighted by Gasteiger charge is -2.16. The fourth-order valence-electron chi connectivity index (χ4n) is 3.49. The number of rotatable bonds is 5. The third-order valence-corrected chi connectivity index (χ3v) is 5.15. The van der Waals surface area contributed by atoms with Gasteiger partial charge in [-0.15, -0.1) is 0 Å². The molecule has 1 heteroatoms. The lowest BCUT2D eigenvalue weighted by molar-refractivity contribution is 0.692. The summed E-state index contributed by atoms with van der Waals surface area (Å²) in [6, 6.07) is 42.4. The van der Waals surface area contributed by atoms with E-state index < -0.39 is 0 Å². The van der Waals surface area contributed by atoms with Crippen molar-refractivity contribution < 1.29 is 0 Å². The minimum absolute atomic E-state index is 0.285. The summed E-state index contributed by atoms with van der Waals surface area (Å²) in [5.74, 6) is 0.484. The molecule has 0 heterocycles. The molecule has 0 unspecified atom stereocenters. The molecule has 0 aliphatic heterocycles. The minimum atomic E-state index is 0.285. The van der Waals surface area contributed by atoms with Crippen LogP contribution >= 0.6 is 0 Å². The zero-order valence-electron chi connectivity index (χ0n) is 17.2. The van der Waals surface area contributed by atoms with Crippen LogP contribution in [0.5, 0.6) is 0 Å². The maximum absolute atomic E-state index is 3.33. The molecule has 0 aromatic heterocycles. The van der Waals surface area contributed by atoms with Crippen LogP contribution in [0.3, 0.4) is 0 Å². The van der Waals surface area contributed by atoms with Crippen molar-refractivity contribution in [2.45, 2.75) is 18.9 Å². The van der Waals surface area contributed by atoms with Gasteiger partial charge in [0, 0.05) is 5.92 Å². The summed E-state index contributed by atoms with van der Waals surface area (Å²) in [7, 11) is 1.99. The van der Waals surface area contributed by atoms with E-state index in [-0.39, 0.29) is 6.04 Å². The van der Waals surface area contributed by atoms with Crippen LogP contribution in [-0.4, -0.2) is 7.05 Å². The number of nitrogens with one attached hydrogen (secondary N) is 1. The van der Waals surface area contributed by atoms with Crippen molar-refractivity contribution in [1.29, 1.82) is 0 Å². The molecule has 0 saturated carbocycles. The highest BCUT2D eigenvalue weighted by molar-refractivity contribution is 5.32. The van der Waals surface area contributed by atoms with E-state index in [1.807, 2.05) is 19.2 Å². The fourth-order valence-corrected chi connectivity index (χ4v) is 3.49. The molecule has 0 saturated heterocycles. The molecule has 29 heavy (non-hydrogen) atoms. The molecule has 4 aromatic rings. The highest BCUT2D eigenvalue weighted by atomic mass is 14.9. The van der Waals surface area contributed by atoms with E-state index in [1.54, 1.807) is 0 Å². The van der Waals surface area contributed by atoms with Crippen LogP contribution in [0.2, 0.25) is 0 Å². The second-order valence-electron chi connectivity index (χ2n) is 7.09. The quantitative estimate of drug-likeness (QED) is 0.400. The Kier molecular flexibility index (Phi) is 7.80. The van der Waals surface area contributed by atoms with Crippen LogP contribution < -0.4 is 5.32 Å². The Morgan fingerprint density at radius 2 is 0.724 bits per heavy atom. The molecule has 4 aromatic carbocycles. The van der Waals surface area contributed by atoms with E-state index in [0.29, 0.717) is 5.92 Å². The third kappa shape index (κ3) is 5.91. The van der Waals surface area contributed by atoms with Crippen LogP contribution in [0.15, 0.2) is 121 Å². The second-order valence-corrected chi connectivity index (χ2v) is 7.09. The summed E-state index contributed by atoms with van der Waals surface area (Å²) >= 11 is 0. The summed E-state index contributed by atoms with van der Waals surface area (Å²) in [4.78, 5) is 0. The SMILES string of the molecule is CC(c1ccccc1)c1ccccc1.CNC(c1ccccc1)c1ccccc1. The van der Waals surface area contributed by atoms with Crippen molar-refractivity contribution in [2.24, 2.45) is 0 Å². The zero-order valence-corrected chi connectivity index (χ0v) is 17.2. The molecular formula is C28H29N. The lowest BCUT2D eigenvalue weighted by Crippen LogP contribution is -2.17. The summed E-state index contributed by atoms with van der Waals surface area (Å²) in [6.07, 6.45) is 0. The van der Waals surface area contributed by atoms with Gasteiger partial charge >= 0.3 is 0 Å². The summed E-state index contributed by atoms with van der Waals surface area (Å²) < 4.78 is 0. The zero-order chi connectivity index (χ0) is 20.3. The summed E-state index contributed by atoms with van der Waals surface area (Å²) in [6.45, 7) is 2.24. The number of benzene rings is 4. The molecule has 146 valence electrons. The number of hydrogen-bond acceptors (Lipinski definition) is 1. The lowest BCUT2D eigenvalue weighted by atomic mass is 9.93. The van der Waals surface area contributed by atoms with Crippen LogP contribution in [0.4, 0.5) is 0 Å². The van der Waals surface area contributed by atoms with Crippen molar-refractivity contribution >= 4 is 0 Å². The van der Waals surface area contributed by atoms with Crippen LogP contribution in [-0.2, 0) is 0 Å². The van der Waals surface area contributed by atoms with Gasteiger partial charge in [-0.05, 0) is 29.3 Å². The van der Waals surface area contributed by atoms with Gasteiger partial charge in [0.1, 0.15) is 0 Å². The van der Waals surface area contributed by atoms with Gasteiger partial charge in [0.05, 0.1) is 6.04 Å². The molecule has 0 radical (unpaired) electrons. The van der Waals surface area contributed by atoms with Gasteiger partial charge in [-0.3, -0.25) is 0 Å². The Morgan fingerprint density at radius 1 is 0.448 bits per heavy atom. The Morgan fingerprint density at radius 3 is 1.00 bits per heavy atom. The monoisotopic (exact) mass is 379 g/mol. The average molecular weight is 380 g/mol. The molecule has 0 fully saturated rings. The fraction of sp³-hybridized carbons (Fsp3) is 0.143. The second kappa shape index (κ2) is 11.0. The number of hydrogen-bond donors (Lipinski definition) is 1. The first kappa shape index (κ1) is 20.6. The van der Waals surface area contributed by atoms with Crippen molar-refractivity contribution in [2.75, 3.05) is 7.05 Å². The van der Waals surface area contributed by atoms with Gasteiger partial charge in [-0.25, -0.2) is 0 Å². The smallest absolute Gasteiger partial charge is 0.0574 e. The Balaban J connectivity index is 0.000000166. The minimum Gasteiger partial charge on any atom is -0.309 e. The molecule has 0 amide bonds. The molecule has 1 N–H and O–H groups in total. The van der Waals surface area contributed by atoms with Crippen LogP contribution in [0.25, 0.3) is 0 Å². The first-order chi connectivity index (χ1) is 14.3. The van der Waals surface area contributed by atoms with Gasteiger partial charge < -0.3 is 5.32 Å². The molecule has 0 bridgehead atoms. The highest BCUT2D eigenvalue weighted by Gasteiger charge is 2.09. The van der Waals surface area contributed by atoms with Gasteiger partial charge in [-0.1, -0.05) is 128 Å². The van der Waals surface area contributed by atoms with E-state index in [9.17, 15) is 0 Å². The van der Waals surface area contributed by atoms with Crippen molar-refractivity contribution in [3.8, 4) is 0 Å². The summed E-state index contributed by atoms with van der Waals surface area (Å²) in [5.41, 5.74) is 5.34. The molecule has 0 atom stereocenters. The third-order valence-electron chi connectivity index (χ3n) is 5.15. The van der Waals surface area contributed by atoms with Crippen LogP contribution in [0, 0.1) is 0 Å². The first-order valence-electron chi connectivity index (χ1n) is 10.2. The predicted octanol–water partition coefficient (Wildman–Crippen LogP) is 6.83. The highest BCUT2D eigenvalue weighted by Crippen LogP contribution is 2.23. The Bertz CT molecular complexity index is 855. The van der Waals surface area contributed by atoms with E-state index in [2.05, 4.69) is 121 Å². The van der Waals surface area contributed by atoms with Gasteiger partial charge in [0.25, 0.3) is 0 Å². The predicted molar refractivity (Wildman–Crippen MR) is 124 cm³/mol. The molecule has 0 aliphatic carbocycles. The van der Waals surface area contributed by atoms with Crippen molar-refractivity contribution in [1.82, 2.24) is 5.32 Å². The molecule has 1 nitrogen and oxygen atoms in total. The topological polar surface area (TPSA) is 12.0 Å². The summed E-state index contributed by atoms with van der Waals surface area (Å²) in [5, 5.41) is 3.33. The largest absolute Gasteiger partial charge is 0.309 e. The maximum Gasteiger partial charge on any atom is 0.0574 e. The Hall–Kier alpha value is -3.16. The Labute approximate surface area is 175 Å². The van der Waals surface area contributed by atoms with Gasteiger partial charge in [0.15, 0.2) is 0 Å². The van der Waals surface area contributed by atoms with Crippen LogP contribution in [0.1, 0.15) is 41.1 Å².